The Morgan fingerprint density at radius 2 is 1.68 bits per heavy atom. The number of carbonyl (C=O) groups is 3. The molecule has 0 unspecified atom stereocenters. The largest absolute Gasteiger partial charge is 0.509 e. The third kappa shape index (κ3) is 4.58. The van der Waals surface area contributed by atoms with Gasteiger partial charge in [-0.1, -0.05) is 23.7 Å². The lowest BCUT2D eigenvalue weighted by atomic mass is 10.1. The predicted molar refractivity (Wildman–Crippen MR) is 144 cm³/mol. The van der Waals surface area contributed by atoms with E-state index in [1.165, 1.54) is 4.90 Å². The first-order valence-electron chi connectivity index (χ1n) is 13.2. The quantitative estimate of drug-likeness (QED) is 0.402. The van der Waals surface area contributed by atoms with Gasteiger partial charge in [0.05, 0.1) is 26.1 Å². The molecule has 0 spiro atoms. The van der Waals surface area contributed by atoms with E-state index in [0.717, 1.165) is 11.1 Å². The minimum atomic E-state index is -4.91. The van der Waals surface area contributed by atoms with E-state index >= 15 is 0 Å². The number of halogens is 4. The van der Waals surface area contributed by atoms with E-state index in [0.29, 0.717) is 53.6 Å². The molecule has 3 amide bonds. The van der Waals surface area contributed by atoms with Gasteiger partial charge in [-0.05, 0) is 47.5 Å². The molecule has 0 atom stereocenters. The van der Waals surface area contributed by atoms with Crippen molar-refractivity contribution in [3.63, 3.8) is 0 Å². The Hall–Kier alpha value is -3.63. The molecule has 3 aliphatic rings. The minimum absolute atomic E-state index is 0.0244. The number of aromatic nitrogens is 1. The van der Waals surface area contributed by atoms with Crippen LogP contribution in [0.4, 0.5) is 24.5 Å². The van der Waals surface area contributed by atoms with Crippen LogP contribution in [0.5, 0.6) is 0 Å². The molecule has 0 radical (unpaired) electrons. The fourth-order valence-electron chi connectivity index (χ4n) is 6.18. The number of amides is 3. The zero-order valence-corrected chi connectivity index (χ0v) is 22.3. The van der Waals surface area contributed by atoms with Crippen LogP contribution in [0.3, 0.4) is 0 Å². The summed E-state index contributed by atoms with van der Waals surface area (Å²) in [7, 11) is 0. The summed E-state index contributed by atoms with van der Waals surface area (Å²) < 4.78 is 41.2. The van der Waals surface area contributed by atoms with Crippen LogP contribution in [-0.4, -0.2) is 65.7 Å². The fourth-order valence-corrected chi connectivity index (χ4v) is 6.31. The van der Waals surface area contributed by atoms with E-state index in [1.54, 1.807) is 29.2 Å². The first-order valence-corrected chi connectivity index (χ1v) is 13.6. The number of fused-ring (bicyclic) bond motifs is 2. The third-order valence-electron chi connectivity index (χ3n) is 8.26. The Labute approximate surface area is 233 Å². The number of hydrogen-bond acceptors (Lipinski definition) is 3. The summed E-state index contributed by atoms with van der Waals surface area (Å²) in [6.07, 6.45) is -1.78. The van der Waals surface area contributed by atoms with Crippen LogP contribution in [0.15, 0.2) is 54.7 Å². The normalized spacial score (nSPS) is 18.3. The van der Waals surface area contributed by atoms with Gasteiger partial charge in [-0.15, -0.1) is 0 Å². The summed E-state index contributed by atoms with van der Waals surface area (Å²) in [5.74, 6) is -2.12. The first-order chi connectivity index (χ1) is 19.1. The van der Waals surface area contributed by atoms with E-state index < -0.39 is 16.6 Å². The van der Waals surface area contributed by atoms with Gasteiger partial charge in [0, 0.05) is 54.1 Å². The van der Waals surface area contributed by atoms with Crippen LogP contribution in [0.2, 0.25) is 5.02 Å². The predicted octanol–water partition coefficient (Wildman–Crippen LogP) is 5.06. The molecule has 40 heavy (non-hydrogen) atoms. The average Bonchev–Trinajstić information content (AvgIpc) is 3.64. The van der Waals surface area contributed by atoms with Crippen molar-refractivity contribution in [1.82, 2.24) is 4.57 Å². The number of hydrogen-bond donors (Lipinski definition) is 0. The lowest BCUT2D eigenvalue weighted by Crippen LogP contribution is -2.58. The van der Waals surface area contributed by atoms with Gasteiger partial charge in [0.1, 0.15) is 12.2 Å². The van der Waals surface area contributed by atoms with Gasteiger partial charge in [-0.2, -0.15) is 13.2 Å². The van der Waals surface area contributed by atoms with E-state index in [1.807, 2.05) is 35.0 Å². The maximum Gasteiger partial charge on any atom is 0.509 e. The van der Waals surface area contributed by atoms with E-state index in [2.05, 4.69) is 0 Å². The maximum atomic E-state index is 13.5. The van der Waals surface area contributed by atoms with Crippen LogP contribution in [0, 0.1) is 0 Å². The van der Waals surface area contributed by atoms with E-state index in [9.17, 15) is 27.6 Å². The van der Waals surface area contributed by atoms with Gasteiger partial charge in [-0.25, -0.2) is 4.79 Å². The standard InChI is InChI=1S/C29H27ClF3N4O3/c30-22-5-3-19(4-6-22)21-16-25-27(39)35(10-9-34(25)18-21)23-7-8-24-20(15-23)17-26(38)36(24)11-14-37(12-1-2-13-37)28(40)29(31,32)33/h3-8,15-16,18H,1-2,9-14,17H2/q+1. The van der Waals surface area contributed by atoms with Crippen molar-refractivity contribution in [2.75, 3.05) is 42.5 Å². The lowest BCUT2D eigenvalue weighted by Gasteiger charge is -2.33. The molecule has 1 saturated heterocycles. The second-order valence-electron chi connectivity index (χ2n) is 10.6. The number of likely N-dealkylation sites (tertiary alicyclic amines) is 1. The van der Waals surface area contributed by atoms with Crippen molar-refractivity contribution in [2.24, 2.45) is 0 Å². The molecule has 0 aliphatic carbocycles. The van der Waals surface area contributed by atoms with Gasteiger partial charge in [0.2, 0.25) is 5.91 Å². The highest BCUT2D eigenvalue weighted by Crippen LogP contribution is 2.36. The summed E-state index contributed by atoms with van der Waals surface area (Å²) >= 11 is 6.01. The van der Waals surface area contributed by atoms with Crippen LogP contribution in [-0.2, 0) is 22.6 Å². The van der Waals surface area contributed by atoms with E-state index in [-0.39, 0.29) is 44.4 Å². The van der Waals surface area contributed by atoms with Crippen LogP contribution < -0.4 is 9.80 Å². The van der Waals surface area contributed by atoms with Crippen molar-refractivity contribution in [2.45, 2.75) is 32.0 Å². The molecule has 0 N–H and O–H groups in total. The molecule has 11 heteroatoms. The second kappa shape index (κ2) is 9.78. The lowest BCUT2D eigenvalue weighted by molar-refractivity contribution is -0.845. The number of quaternary nitrogens is 1. The SMILES string of the molecule is O=C1c2cc(-c3ccc(Cl)cc3)cn2CCN1c1ccc2c(c1)CC(=O)N2CC[N+]1(C(=O)C(F)(F)F)CCCC1. The highest BCUT2D eigenvalue weighted by Gasteiger charge is 2.55. The van der Waals surface area contributed by atoms with Gasteiger partial charge >= 0.3 is 12.1 Å². The molecule has 0 saturated carbocycles. The molecular weight excluding hydrogens is 545 g/mol. The van der Waals surface area contributed by atoms with Crippen molar-refractivity contribution in [1.29, 1.82) is 0 Å². The van der Waals surface area contributed by atoms with Crippen LogP contribution >= 0.6 is 11.6 Å². The number of nitrogens with zero attached hydrogens (tertiary/aromatic N) is 4. The molecule has 1 aromatic heterocycles. The monoisotopic (exact) mass is 571 g/mol. The molecule has 2 aromatic carbocycles. The average molecular weight is 572 g/mol. The summed E-state index contributed by atoms with van der Waals surface area (Å²) in [5, 5.41) is 0.635. The maximum absolute atomic E-state index is 13.5. The molecule has 3 aliphatic heterocycles. The second-order valence-corrected chi connectivity index (χ2v) is 11.1. The molecule has 3 aromatic rings. The summed E-state index contributed by atoms with van der Waals surface area (Å²) in [6, 6.07) is 14.6. The third-order valence-corrected chi connectivity index (χ3v) is 8.51. The molecule has 1 fully saturated rings. The summed E-state index contributed by atoms with van der Waals surface area (Å²) in [6.45, 7) is 1.26. The molecule has 4 heterocycles. The molecule has 7 nitrogen and oxygen atoms in total. The Bertz CT molecular complexity index is 1510. The molecule has 6 rings (SSSR count). The van der Waals surface area contributed by atoms with Gasteiger partial charge in [-0.3, -0.25) is 14.1 Å². The minimum Gasteiger partial charge on any atom is -0.341 e. The fraction of sp³-hybridized carbons (Fsp3) is 0.345. The van der Waals surface area contributed by atoms with Crippen molar-refractivity contribution in [3.05, 3.63) is 71.0 Å². The van der Waals surface area contributed by atoms with E-state index in [4.69, 9.17) is 11.6 Å². The zero-order chi connectivity index (χ0) is 28.2. The number of benzene rings is 2. The highest BCUT2D eigenvalue weighted by molar-refractivity contribution is 6.30. The Morgan fingerprint density at radius 3 is 2.38 bits per heavy atom. The van der Waals surface area contributed by atoms with Gasteiger partial charge < -0.3 is 14.4 Å². The number of carbonyl (C=O) groups excluding carboxylic acids is 3. The molecule has 208 valence electrons. The molecule has 0 bridgehead atoms. The van der Waals surface area contributed by atoms with Crippen molar-refractivity contribution >= 4 is 40.7 Å². The smallest absolute Gasteiger partial charge is 0.341 e. The number of anilines is 2. The van der Waals surface area contributed by atoms with Crippen LogP contribution in [0.1, 0.15) is 28.9 Å². The zero-order valence-electron chi connectivity index (χ0n) is 21.6. The topological polar surface area (TPSA) is 62.6 Å². The summed E-state index contributed by atoms with van der Waals surface area (Å²) in [5.41, 5.74) is 4.42. The Balaban J connectivity index is 1.20. The highest BCUT2D eigenvalue weighted by atomic mass is 35.5. The van der Waals surface area contributed by atoms with Gasteiger partial charge in [0.15, 0.2) is 0 Å². The number of rotatable bonds is 5. The Kier molecular flexibility index (Phi) is 6.50. The van der Waals surface area contributed by atoms with Gasteiger partial charge in [0.25, 0.3) is 5.91 Å². The van der Waals surface area contributed by atoms with Crippen molar-refractivity contribution in [3.8, 4) is 11.1 Å². The number of alkyl halides is 3. The molecular formula is C29H27ClF3N4O3+. The van der Waals surface area contributed by atoms with Crippen molar-refractivity contribution < 1.29 is 32.0 Å². The summed E-state index contributed by atoms with van der Waals surface area (Å²) in [4.78, 5) is 41.8. The first kappa shape index (κ1) is 26.6. The van der Waals surface area contributed by atoms with Crippen LogP contribution in [0.25, 0.3) is 11.1 Å². The Morgan fingerprint density at radius 1 is 0.950 bits per heavy atom.